The van der Waals surface area contributed by atoms with Gasteiger partial charge in [0.1, 0.15) is 0 Å². The van der Waals surface area contributed by atoms with E-state index in [1.807, 2.05) is 0 Å². The van der Waals surface area contributed by atoms with Gasteiger partial charge < -0.3 is 14.5 Å². The molecule has 0 unspecified atom stereocenters. The van der Waals surface area contributed by atoms with E-state index in [9.17, 15) is 0 Å². The summed E-state index contributed by atoms with van der Waals surface area (Å²) in [7, 11) is 0. The Morgan fingerprint density at radius 1 is 0.510 bits per heavy atom. The van der Waals surface area contributed by atoms with Crippen molar-refractivity contribution in [1.82, 2.24) is 0 Å². The summed E-state index contributed by atoms with van der Waals surface area (Å²) in [6, 6.07) is 58.5. The molecule has 2 aliphatic rings. The van der Waals surface area contributed by atoms with Crippen LogP contribution in [0.5, 0.6) is 11.5 Å². The average molecular weight is 633 g/mol. The fourth-order valence-electron chi connectivity index (χ4n) is 7.70. The van der Waals surface area contributed by atoms with Crippen molar-refractivity contribution in [2.45, 2.75) is 26.2 Å². The molecule has 0 aromatic heterocycles. The molecule has 7 aromatic rings. The van der Waals surface area contributed by atoms with E-state index in [0.717, 1.165) is 51.1 Å². The lowest BCUT2D eigenvalue weighted by Crippen LogP contribution is -2.32. The molecule has 2 heterocycles. The van der Waals surface area contributed by atoms with Crippen molar-refractivity contribution >= 4 is 34.1 Å². The van der Waals surface area contributed by atoms with Gasteiger partial charge >= 0.3 is 0 Å². The van der Waals surface area contributed by atoms with Gasteiger partial charge in [0.15, 0.2) is 11.5 Å². The zero-order valence-electron chi connectivity index (χ0n) is 27.9. The summed E-state index contributed by atoms with van der Waals surface area (Å²) in [5.74, 6) is 1.77. The summed E-state index contributed by atoms with van der Waals surface area (Å²) in [6.45, 7) is 6.83. The number of aryl methyl sites for hydroxylation is 1. The lowest BCUT2D eigenvalue weighted by Gasteiger charge is -2.45. The van der Waals surface area contributed by atoms with Crippen LogP contribution in [-0.4, -0.2) is 0 Å². The van der Waals surface area contributed by atoms with Crippen molar-refractivity contribution in [3.63, 3.8) is 0 Å². The minimum absolute atomic E-state index is 0.197. The Kier molecular flexibility index (Phi) is 6.70. The number of para-hydroxylation sites is 3. The van der Waals surface area contributed by atoms with Gasteiger partial charge in [0.25, 0.3) is 0 Å². The molecule has 49 heavy (non-hydrogen) atoms. The third-order valence-electron chi connectivity index (χ3n) is 10.1. The lowest BCUT2D eigenvalue weighted by atomic mass is 9.72. The first-order valence-corrected chi connectivity index (χ1v) is 16.9. The summed E-state index contributed by atoms with van der Waals surface area (Å²) in [6.07, 6.45) is 0. The summed E-state index contributed by atoms with van der Waals surface area (Å²) < 4.78 is 6.97. The first kappa shape index (κ1) is 29.1. The van der Waals surface area contributed by atoms with Crippen LogP contribution < -0.4 is 14.5 Å². The summed E-state index contributed by atoms with van der Waals surface area (Å²) in [5.41, 5.74) is 14.9. The summed E-state index contributed by atoms with van der Waals surface area (Å²) in [4.78, 5) is 4.77. The van der Waals surface area contributed by atoms with E-state index in [-0.39, 0.29) is 5.41 Å². The molecule has 0 saturated heterocycles. The molecule has 0 atom stereocenters. The largest absolute Gasteiger partial charge is 0.452 e. The molecule has 7 aromatic carbocycles. The van der Waals surface area contributed by atoms with Crippen LogP contribution in [0.3, 0.4) is 0 Å². The molecule has 0 spiro atoms. The molecule has 0 radical (unpaired) electrons. The molecule has 0 aliphatic carbocycles. The molecule has 236 valence electrons. The zero-order valence-corrected chi connectivity index (χ0v) is 27.9. The van der Waals surface area contributed by atoms with Crippen LogP contribution in [0, 0.1) is 6.92 Å². The molecule has 2 aliphatic heterocycles. The number of nitrogens with zero attached hydrogens (tertiary/aromatic N) is 2. The van der Waals surface area contributed by atoms with Crippen molar-refractivity contribution in [2.24, 2.45) is 0 Å². The van der Waals surface area contributed by atoms with Crippen LogP contribution in [0.25, 0.3) is 22.3 Å². The highest BCUT2D eigenvalue weighted by molar-refractivity contribution is 5.98. The number of benzene rings is 7. The van der Waals surface area contributed by atoms with Gasteiger partial charge in [-0.1, -0.05) is 129 Å². The van der Waals surface area contributed by atoms with Gasteiger partial charge in [-0.3, -0.25) is 0 Å². The lowest BCUT2D eigenvalue weighted by molar-refractivity contribution is 0.472. The van der Waals surface area contributed by atoms with Crippen molar-refractivity contribution in [2.75, 3.05) is 9.80 Å². The number of fused-ring (bicyclic) bond motifs is 4. The first-order chi connectivity index (χ1) is 24.0. The number of anilines is 6. The monoisotopic (exact) mass is 632 g/mol. The second-order valence-corrected chi connectivity index (χ2v) is 13.5. The Balaban J connectivity index is 1.21. The van der Waals surface area contributed by atoms with E-state index >= 15 is 0 Å². The molecule has 0 bridgehead atoms. The number of ether oxygens (including phenoxy) is 1. The third-order valence-corrected chi connectivity index (χ3v) is 10.1. The Labute approximate surface area is 288 Å². The normalized spacial score (nSPS) is 13.5. The van der Waals surface area contributed by atoms with E-state index in [1.54, 1.807) is 0 Å². The van der Waals surface area contributed by atoms with Crippen LogP contribution in [0.4, 0.5) is 34.1 Å². The van der Waals surface area contributed by atoms with E-state index < -0.39 is 0 Å². The summed E-state index contributed by atoms with van der Waals surface area (Å²) in [5, 5.41) is 0. The van der Waals surface area contributed by atoms with Crippen molar-refractivity contribution in [3.05, 3.63) is 180 Å². The standard InChI is InChI=1S/C46H36N2O/c1-31-14-12-23-42-43(31)48-41-22-11-10-21-39(41)46(2,3)40-29-28-38(45(49-42)44(40)48)34-17-13-20-37(30-34)47(35-18-8-5-9-19-35)36-26-24-33(25-27-36)32-15-6-4-7-16-32/h4-30H,1-3H3. The maximum atomic E-state index is 6.97. The van der Waals surface area contributed by atoms with E-state index in [0.29, 0.717) is 0 Å². The second-order valence-electron chi connectivity index (χ2n) is 13.5. The van der Waals surface area contributed by atoms with Gasteiger partial charge in [0.2, 0.25) is 0 Å². The SMILES string of the molecule is Cc1cccc2c1N1c3ccccc3C(C)(C)c3ccc(-c4cccc(N(c5ccccc5)c5ccc(-c6ccccc6)cc5)c4)c(c31)O2. The summed E-state index contributed by atoms with van der Waals surface area (Å²) >= 11 is 0. The predicted molar refractivity (Wildman–Crippen MR) is 204 cm³/mol. The van der Waals surface area contributed by atoms with Crippen LogP contribution in [0.2, 0.25) is 0 Å². The third kappa shape index (κ3) is 4.65. The molecule has 3 nitrogen and oxygen atoms in total. The van der Waals surface area contributed by atoms with Crippen molar-refractivity contribution in [1.29, 1.82) is 0 Å². The fraction of sp³-hybridized carbons (Fsp3) is 0.0870. The minimum atomic E-state index is -0.197. The molecule has 0 saturated carbocycles. The van der Waals surface area contributed by atoms with Gasteiger partial charge in [-0.2, -0.15) is 0 Å². The van der Waals surface area contributed by atoms with Crippen molar-refractivity contribution < 1.29 is 4.74 Å². The molecule has 3 heteroatoms. The highest BCUT2D eigenvalue weighted by atomic mass is 16.5. The predicted octanol–water partition coefficient (Wildman–Crippen LogP) is 13.0. The molecule has 9 rings (SSSR count). The Morgan fingerprint density at radius 3 is 1.94 bits per heavy atom. The first-order valence-electron chi connectivity index (χ1n) is 16.9. The molecule has 0 N–H and O–H groups in total. The molecule has 0 fully saturated rings. The number of rotatable bonds is 5. The average Bonchev–Trinajstić information content (AvgIpc) is 3.15. The van der Waals surface area contributed by atoms with Gasteiger partial charge in [-0.25, -0.2) is 0 Å². The van der Waals surface area contributed by atoms with Gasteiger partial charge in [0.05, 0.1) is 17.1 Å². The Hall–Kier alpha value is -6.06. The highest BCUT2D eigenvalue weighted by Gasteiger charge is 2.42. The highest BCUT2D eigenvalue weighted by Crippen LogP contribution is 2.62. The number of hydrogen-bond donors (Lipinski definition) is 0. The quantitative estimate of drug-likeness (QED) is 0.188. The Bertz CT molecular complexity index is 2340. The molecular weight excluding hydrogens is 597 g/mol. The van der Waals surface area contributed by atoms with Crippen LogP contribution in [-0.2, 0) is 5.41 Å². The van der Waals surface area contributed by atoms with Crippen LogP contribution in [0.1, 0.15) is 30.5 Å². The number of hydrogen-bond acceptors (Lipinski definition) is 3. The molecular formula is C46H36N2O. The van der Waals surface area contributed by atoms with Gasteiger partial charge in [-0.15, -0.1) is 0 Å². The van der Waals surface area contributed by atoms with Gasteiger partial charge in [-0.05, 0) is 88.8 Å². The van der Waals surface area contributed by atoms with E-state index in [2.05, 4.69) is 194 Å². The van der Waals surface area contributed by atoms with E-state index in [4.69, 9.17) is 4.74 Å². The topological polar surface area (TPSA) is 15.7 Å². The second kappa shape index (κ2) is 11.3. The molecule has 0 amide bonds. The Morgan fingerprint density at radius 2 is 1.14 bits per heavy atom. The van der Waals surface area contributed by atoms with Crippen LogP contribution in [0.15, 0.2) is 164 Å². The minimum Gasteiger partial charge on any atom is -0.452 e. The van der Waals surface area contributed by atoms with E-state index in [1.165, 1.54) is 33.5 Å². The fourth-order valence-corrected chi connectivity index (χ4v) is 7.70. The maximum Gasteiger partial charge on any atom is 0.159 e. The maximum absolute atomic E-state index is 6.97. The smallest absolute Gasteiger partial charge is 0.159 e. The van der Waals surface area contributed by atoms with Crippen LogP contribution >= 0.6 is 0 Å². The zero-order chi connectivity index (χ0) is 33.1. The van der Waals surface area contributed by atoms with Crippen molar-refractivity contribution in [3.8, 4) is 33.8 Å². The van der Waals surface area contributed by atoms with Gasteiger partial charge in [0, 0.05) is 28.0 Å².